The zero-order chi connectivity index (χ0) is 13.8. The summed E-state index contributed by atoms with van der Waals surface area (Å²) in [6, 6.07) is 9.72. The van der Waals surface area contributed by atoms with Gasteiger partial charge in [-0.2, -0.15) is 0 Å². The molecule has 0 radical (unpaired) electrons. The summed E-state index contributed by atoms with van der Waals surface area (Å²) in [5, 5.41) is 0.146. The van der Waals surface area contributed by atoms with Crippen molar-refractivity contribution in [3.05, 3.63) is 58.5 Å². The van der Waals surface area contributed by atoms with Gasteiger partial charge in [0, 0.05) is 13.1 Å². The van der Waals surface area contributed by atoms with Gasteiger partial charge in [0.2, 0.25) is 5.22 Å². The Morgan fingerprint density at radius 3 is 2.74 bits per heavy atom. The Kier molecular flexibility index (Phi) is 4.27. The van der Waals surface area contributed by atoms with E-state index in [1.54, 1.807) is 11.0 Å². The molecule has 1 amide bonds. The van der Waals surface area contributed by atoms with Crippen LogP contribution in [0.1, 0.15) is 28.4 Å². The van der Waals surface area contributed by atoms with Gasteiger partial charge in [-0.05, 0) is 37.1 Å². The minimum Gasteiger partial charge on any atom is -0.452 e. The standard InChI is InChI=1S/C15H16ClNO2/c1-3-17(10-12-6-4-5-11(2)9-12)15(18)13-7-8-19-14(13)16/h4-9H,3,10H2,1-2H3. The molecule has 0 aliphatic rings. The van der Waals surface area contributed by atoms with Gasteiger partial charge in [-0.15, -0.1) is 0 Å². The van der Waals surface area contributed by atoms with Crippen molar-refractivity contribution in [2.24, 2.45) is 0 Å². The Balaban J connectivity index is 2.17. The first kappa shape index (κ1) is 13.7. The summed E-state index contributed by atoms with van der Waals surface area (Å²) in [5.41, 5.74) is 2.70. The van der Waals surface area contributed by atoms with Crippen LogP contribution in [0.4, 0.5) is 0 Å². The first-order chi connectivity index (χ1) is 9.11. The van der Waals surface area contributed by atoms with Gasteiger partial charge in [0.1, 0.15) is 0 Å². The van der Waals surface area contributed by atoms with Gasteiger partial charge in [-0.1, -0.05) is 29.8 Å². The molecule has 2 rings (SSSR count). The lowest BCUT2D eigenvalue weighted by atomic mass is 10.1. The molecule has 0 spiro atoms. The number of furan rings is 1. The molecule has 0 aliphatic heterocycles. The van der Waals surface area contributed by atoms with E-state index in [9.17, 15) is 4.79 Å². The van der Waals surface area contributed by atoms with E-state index in [-0.39, 0.29) is 11.1 Å². The highest BCUT2D eigenvalue weighted by atomic mass is 35.5. The first-order valence-electron chi connectivity index (χ1n) is 6.19. The fourth-order valence-corrected chi connectivity index (χ4v) is 2.17. The normalized spacial score (nSPS) is 10.5. The third kappa shape index (κ3) is 3.18. The lowest BCUT2D eigenvalue weighted by molar-refractivity contribution is 0.0752. The number of hydrogen-bond acceptors (Lipinski definition) is 2. The number of rotatable bonds is 4. The number of halogens is 1. The Labute approximate surface area is 117 Å². The average molecular weight is 278 g/mol. The SMILES string of the molecule is CCN(Cc1cccc(C)c1)C(=O)c1ccoc1Cl. The van der Waals surface area contributed by atoms with Gasteiger partial charge in [0.25, 0.3) is 5.91 Å². The highest BCUT2D eigenvalue weighted by Gasteiger charge is 2.19. The van der Waals surface area contributed by atoms with E-state index in [4.69, 9.17) is 16.0 Å². The number of benzene rings is 1. The maximum absolute atomic E-state index is 12.3. The van der Waals surface area contributed by atoms with E-state index in [0.717, 1.165) is 5.56 Å². The summed E-state index contributed by atoms with van der Waals surface area (Å²) in [5.74, 6) is -0.109. The summed E-state index contributed by atoms with van der Waals surface area (Å²) in [4.78, 5) is 14.1. The predicted octanol–water partition coefficient (Wildman–Crippen LogP) is 3.90. The van der Waals surface area contributed by atoms with Crippen LogP contribution in [-0.4, -0.2) is 17.4 Å². The van der Waals surface area contributed by atoms with Gasteiger partial charge in [-0.25, -0.2) is 0 Å². The third-order valence-electron chi connectivity index (χ3n) is 2.97. The molecule has 3 nitrogen and oxygen atoms in total. The summed E-state index contributed by atoms with van der Waals surface area (Å²) in [6.07, 6.45) is 1.43. The van der Waals surface area contributed by atoms with Crippen molar-refractivity contribution in [1.82, 2.24) is 4.90 Å². The smallest absolute Gasteiger partial charge is 0.259 e. The number of carbonyl (C=O) groups excluding carboxylic acids is 1. The molecule has 0 unspecified atom stereocenters. The topological polar surface area (TPSA) is 33.5 Å². The Bertz CT molecular complexity index is 577. The maximum atomic E-state index is 12.3. The Hall–Kier alpha value is -1.74. The van der Waals surface area contributed by atoms with Crippen molar-refractivity contribution >= 4 is 17.5 Å². The fraction of sp³-hybridized carbons (Fsp3) is 0.267. The summed E-state index contributed by atoms with van der Waals surface area (Å²) >= 11 is 5.85. The van der Waals surface area contributed by atoms with Gasteiger partial charge >= 0.3 is 0 Å². The monoisotopic (exact) mass is 277 g/mol. The molecule has 0 fully saturated rings. The van der Waals surface area contributed by atoms with Gasteiger partial charge in [-0.3, -0.25) is 4.79 Å². The zero-order valence-corrected chi connectivity index (χ0v) is 11.8. The molecule has 0 saturated heterocycles. The number of aryl methyl sites for hydroxylation is 1. The van der Waals surface area contributed by atoms with Crippen LogP contribution in [0.3, 0.4) is 0 Å². The molecule has 0 N–H and O–H groups in total. The molecule has 4 heteroatoms. The predicted molar refractivity (Wildman–Crippen MR) is 75.3 cm³/mol. The second-order valence-electron chi connectivity index (χ2n) is 4.42. The molecule has 0 atom stereocenters. The maximum Gasteiger partial charge on any atom is 0.259 e. The molecule has 19 heavy (non-hydrogen) atoms. The fourth-order valence-electron chi connectivity index (χ4n) is 1.97. The van der Waals surface area contributed by atoms with Gasteiger partial charge < -0.3 is 9.32 Å². The van der Waals surface area contributed by atoms with Crippen molar-refractivity contribution < 1.29 is 9.21 Å². The highest BCUT2D eigenvalue weighted by molar-refractivity contribution is 6.32. The number of carbonyl (C=O) groups is 1. The quantitative estimate of drug-likeness (QED) is 0.849. The summed E-state index contributed by atoms with van der Waals surface area (Å²) in [6.45, 7) is 5.17. The molecule has 100 valence electrons. The van der Waals surface area contributed by atoms with Crippen LogP contribution < -0.4 is 0 Å². The second kappa shape index (κ2) is 5.93. The minimum atomic E-state index is -0.109. The van der Waals surface area contributed by atoms with E-state index in [1.807, 2.05) is 32.0 Å². The van der Waals surface area contributed by atoms with Crippen molar-refractivity contribution in [2.45, 2.75) is 20.4 Å². The highest BCUT2D eigenvalue weighted by Crippen LogP contribution is 2.19. The van der Waals surface area contributed by atoms with Crippen LogP contribution in [0, 0.1) is 6.92 Å². The lowest BCUT2D eigenvalue weighted by Crippen LogP contribution is -2.30. The largest absolute Gasteiger partial charge is 0.452 e. The van der Waals surface area contributed by atoms with Crippen molar-refractivity contribution in [3.8, 4) is 0 Å². The van der Waals surface area contributed by atoms with Crippen molar-refractivity contribution in [1.29, 1.82) is 0 Å². The number of amides is 1. The number of hydrogen-bond donors (Lipinski definition) is 0. The molecule has 1 heterocycles. The molecule has 1 aromatic carbocycles. The van der Waals surface area contributed by atoms with E-state index < -0.39 is 0 Å². The molecule has 2 aromatic rings. The molecule has 0 aliphatic carbocycles. The van der Waals surface area contributed by atoms with Crippen LogP contribution >= 0.6 is 11.6 Å². The second-order valence-corrected chi connectivity index (χ2v) is 4.76. The molecule has 1 aromatic heterocycles. The zero-order valence-electron chi connectivity index (χ0n) is 11.0. The third-order valence-corrected chi connectivity index (χ3v) is 3.27. The Morgan fingerprint density at radius 1 is 1.37 bits per heavy atom. The van der Waals surface area contributed by atoms with E-state index in [2.05, 4.69) is 6.07 Å². The molecular formula is C15H16ClNO2. The van der Waals surface area contributed by atoms with E-state index in [1.165, 1.54) is 11.8 Å². The van der Waals surface area contributed by atoms with Crippen molar-refractivity contribution in [2.75, 3.05) is 6.54 Å². The van der Waals surface area contributed by atoms with Crippen LogP contribution in [-0.2, 0) is 6.54 Å². The summed E-state index contributed by atoms with van der Waals surface area (Å²) < 4.78 is 4.97. The van der Waals surface area contributed by atoms with Crippen LogP contribution in [0.2, 0.25) is 5.22 Å². The number of nitrogens with zero attached hydrogens (tertiary/aromatic N) is 1. The minimum absolute atomic E-state index is 0.109. The van der Waals surface area contributed by atoms with E-state index in [0.29, 0.717) is 18.7 Å². The van der Waals surface area contributed by atoms with Crippen molar-refractivity contribution in [3.63, 3.8) is 0 Å². The molecule has 0 saturated carbocycles. The Morgan fingerprint density at radius 2 is 2.16 bits per heavy atom. The van der Waals surface area contributed by atoms with Crippen LogP contribution in [0.5, 0.6) is 0 Å². The van der Waals surface area contributed by atoms with Gasteiger partial charge in [0.05, 0.1) is 11.8 Å². The van der Waals surface area contributed by atoms with Crippen LogP contribution in [0.15, 0.2) is 41.0 Å². The molecular weight excluding hydrogens is 262 g/mol. The summed E-state index contributed by atoms with van der Waals surface area (Å²) in [7, 11) is 0. The first-order valence-corrected chi connectivity index (χ1v) is 6.57. The average Bonchev–Trinajstić information content (AvgIpc) is 2.81. The molecule has 0 bridgehead atoms. The lowest BCUT2D eigenvalue weighted by Gasteiger charge is -2.20. The van der Waals surface area contributed by atoms with Crippen LogP contribution in [0.25, 0.3) is 0 Å². The van der Waals surface area contributed by atoms with E-state index >= 15 is 0 Å². The van der Waals surface area contributed by atoms with Gasteiger partial charge in [0.15, 0.2) is 0 Å².